The van der Waals surface area contributed by atoms with Crippen molar-refractivity contribution in [3.8, 4) is 0 Å². The summed E-state index contributed by atoms with van der Waals surface area (Å²) in [5, 5.41) is 5.99. The van der Waals surface area contributed by atoms with E-state index in [1.807, 2.05) is 10.9 Å². The van der Waals surface area contributed by atoms with Crippen LogP contribution in [0.3, 0.4) is 0 Å². The largest absolute Gasteiger partial charge is 0.323 e. The van der Waals surface area contributed by atoms with Gasteiger partial charge in [0.25, 0.3) is 0 Å². The zero-order valence-electron chi connectivity index (χ0n) is 14.5. The van der Waals surface area contributed by atoms with Crippen LogP contribution < -0.4 is 5.73 Å². The summed E-state index contributed by atoms with van der Waals surface area (Å²) in [4.78, 5) is 6.92. The summed E-state index contributed by atoms with van der Waals surface area (Å²) in [6.07, 6.45) is 1.86. The summed E-state index contributed by atoms with van der Waals surface area (Å²) in [6, 6.07) is 10.8. The van der Waals surface area contributed by atoms with Crippen molar-refractivity contribution in [3.05, 3.63) is 58.4 Å². The van der Waals surface area contributed by atoms with Crippen LogP contribution in [-0.4, -0.2) is 26.2 Å². The summed E-state index contributed by atoms with van der Waals surface area (Å²) >= 11 is 6.48. The Hall–Kier alpha value is -1.95. The van der Waals surface area contributed by atoms with E-state index in [2.05, 4.69) is 59.2 Å². The SMILES string of the molecule is CC(C)n1ncc2cc(CN3Cc4ccccc4C(N)C3)c(Cl)nc21. The van der Waals surface area contributed by atoms with Crippen molar-refractivity contribution in [2.45, 2.75) is 39.0 Å². The standard InChI is InChI=1S/C19H22ClN5/c1-12(2)25-19-14(8-22-25)7-15(18(20)23-19)10-24-9-13-5-3-4-6-16(13)17(21)11-24/h3-8,12,17H,9-11,21H2,1-2H3. The van der Waals surface area contributed by atoms with Gasteiger partial charge in [-0.25, -0.2) is 9.67 Å². The molecule has 0 saturated heterocycles. The van der Waals surface area contributed by atoms with Crippen molar-refractivity contribution < 1.29 is 0 Å². The Bertz CT molecular complexity index is 917. The van der Waals surface area contributed by atoms with Gasteiger partial charge >= 0.3 is 0 Å². The van der Waals surface area contributed by atoms with Gasteiger partial charge in [0, 0.05) is 42.7 Å². The molecule has 3 heterocycles. The Morgan fingerprint density at radius 1 is 1.32 bits per heavy atom. The van der Waals surface area contributed by atoms with Crippen LogP contribution in [0, 0.1) is 0 Å². The second-order valence-electron chi connectivity index (χ2n) is 7.01. The molecule has 0 saturated carbocycles. The third kappa shape index (κ3) is 3.03. The van der Waals surface area contributed by atoms with Gasteiger partial charge in [0.05, 0.1) is 6.20 Å². The summed E-state index contributed by atoms with van der Waals surface area (Å²) in [6.45, 7) is 6.60. The van der Waals surface area contributed by atoms with Gasteiger partial charge in [-0.15, -0.1) is 0 Å². The van der Waals surface area contributed by atoms with Crippen LogP contribution in [0.2, 0.25) is 5.15 Å². The average molecular weight is 356 g/mol. The summed E-state index contributed by atoms with van der Waals surface area (Å²) in [5.74, 6) is 0. The van der Waals surface area contributed by atoms with Crippen LogP contribution in [0.1, 0.15) is 42.6 Å². The second-order valence-corrected chi connectivity index (χ2v) is 7.37. The minimum Gasteiger partial charge on any atom is -0.323 e. The van der Waals surface area contributed by atoms with E-state index in [0.29, 0.717) is 5.15 Å². The van der Waals surface area contributed by atoms with Gasteiger partial charge in [-0.1, -0.05) is 35.9 Å². The van der Waals surface area contributed by atoms with Gasteiger partial charge in [0.1, 0.15) is 5.15 Å². The predicted molar refractivity (Wildman–Crippen MR) is 100 cm³/mol. The number of hydrogen-bond donors (Lipinski definition) is 1. The number of nitrogens with zero attached hydrogens (tertiary/aromatic N) is 4. The number of nitrogens with two attached hydrogens (primary N) is 1. The van der Waals surface area contributed by atoms with Crippen molar-refractivity contribution in [1.29, 1.82) is 0 Å². The molecule has 0 aliphatic carbocycles. The van der Waals surface area contributed by atoms with Gasteiger partial charge in [0.2, 0.25) is 0 Å². The lowest BCUT2D eigenvalue weighted by atomic mass is 9.96. The molecule has 6 heteroatoms. The molecule has 1 unspecified atom stereocenters. The molecule has 0 fully saturated rings. The van der Waals surface area contributed by atoms with Crippen molar-refractivity contribution in [1.82, 2.24) is 19.7 Å². The lowest BCUT2D eigenvalue weighted by molar-refractivity contribution is 0.223. The molecule has 1 aliphatic rings. The Kier molecular flexibility index (Phi) is 4.23. The number of fused-ring (bicyclic) bond motifs is 2. The summed E-state index contributed by atoms with van der Waals surface area (Å²) < 4.78 is 1.90. The molecule has 2 aromatic heterocycles. The van der Waals surface area contributed by atoms with Crippen LogP contribution in [0.5, 0.6) is 0 Å². The monoisotopic (exact) mass is 355 g/mol. The number of aromatic nitrogens is 3. The van der Waals surface area contributed by atoms with Gasteiger partial charge in [-0.3, -0.25) is 4.90 Å². The van der Waals surface area contributed by atoms with Crippen molar-refractivity contribution in [2.24, 2.45) is 5.73 Å². The third-order valence-corrected chi connectivity index (χ3v) is 5.11. The van der Waals surface area contributed by atoms with Gasteiger partial charge in [-0.2, -0.15) is 5.10 Å². The molecule has 4 rings (SSSR count). The van der Waals surface area contributed by atoms with Crippen LogP contribution in [0.4, 0.5) is 0 Å². The average Bonchev–Trinajstić information content (AvgIpc) is 2.98. The molecule has 0 amide bonds. The number of pyridine rings is 1. The first-order chi connectivity index (χ1) is 12.0. The molecule has 0 bridgehead atoms. The lowest BCUT2D eigenvalue weighted by Crippen LogP contribution is -2.36. The van der Waals surface area contributed by atoms with E-state index in [-0.39, 0.29) is 12.1 Å². The van der Waals surface area contributed by atoms with E-state index in [9.17, 15) is 0 Å². The van der Waals surface area contributed by atoms with Crippen molar-refractivity contribution in [2.75, 3.05) is 6.54 Å². The van der Waals surface area contributed by atoms with E-state index < -0.39 is 0 Å². The molecule has 2 N–H and O–H groups in total. The summed E-state index contributed by atoms with van der Waals surface area (Å²) in [7, 11) is 0. The molecule has 0 spiro atoms. The molecule has 1 aromatic carbocycles. The van der Waals surface area contributed by atoms with Crippen LogP contribution in [-0.2, 0) is 13.1 Å². The highest BCUT2D eigenvalue weighted by Crippen LogP contribution is 2.28. The molecular formula is C19H22ClN5. The first-order valence-corrected chi connectivity index (χ1v) is 8.99. The fourth-order valence-corrected chi connectivity index (χ4v) is 3.77. The van der Waals surface area contributed by atoms with E-state index >= 15 is 0 Å². The Balaban J connectivity index is 1.62. The number of rotatable bonds is 3. The van der Waals surface area contributed by atoms with Crippen LogP contribution >= 0.6 is 11.6 Å². The maximum absolute atomic E-state index is 6.48. The second kappa shape index (κ2) is 6.41. The third-order valence-electron chi connectivity index (χ3n) is 4.78. The number of benzene rings is 1. The molecule has 0 radical (unpaired) electrons. The van der Waals surface area contributed by atoms with Crippen LogP contribution in [0.15, 0.2) is 36.5 Å². The van der Waals surface area contributed by atoms with E-state index in [4.69, 9.17) is 17.3 Å². The van der Waals surface area contributed by atoms with E-state index in [1.54, 1.807) is 0 Å². The molecule has 130 valence electrons. The molecule has 5 nitrogen and oxygen atoms in total. The highest BCUT2D eigenvalue weighted by Gasteiger charge is 2.23. The molecule has 1 aliphatic heterocycles. The topological polar surface area (TPSA) is 60.0 Å². The molecule has 25 heavy (non-hydrogen) atoms. The predicted octanol–water partition coefficient (Wildman–Crippen LogP) is 3.68. The van der Waals surface area contributed by atoms with Gasteiger partial charge in [0.15, 0.2) is 5.65 Å². The fourth-order valence-electron chi connectivity index (χ4n) is 3.57. The highest BCUT2D eigenvalue weighted by atomic mass is 35.5. The van der Waals surface area contributed by atoms with Crippen molar-refractivity contribution in [3.63, 3.8) is 0 Å². The first-order valence-electron chi connectivity index (χ1n) is 8.61. The smallest absolute Gasteiger partial charge is 0.159 e. The maximum atomic E-state index is 6.48. The maximum Gasteiger partial charge on any atom is 0.159 e. The summed E-state index contributed by atoms with van der Waals surface area (Å²) in [5.41, 5.74) is 10.7. The molecular weight excluding hydrogens is 334 g/mol. The molecule has 1 atom stereocenters. The minimum absolute atomic E-state index is 0.0316. The number of halogens is 1. The van der Waals surface area contributed by atoms with E-state index in [0.717, 1.165) is 36.2 Å². The fraction of sp³-hybridized carbons (Fsp3) is 0.368. The van der Waals surface area contributed by atoms with Crippen molar-refractivity contribution >= 4 is 22.6 Å². The normalized spacial score (nSPS) is 18.0. The molecule has 3 aromatic rings. The lowest BCUT2D eigenvalue weighted by Gasteiger charge is -2.33. The van der Waals surface area contributed by atoms with E-state index in [1.165, 1.54) is 11.1 Å². The Morgan fingerprint density at radius 3 is 2.92 bits per heavy atom. The Morgan fingerprint density at radius 2 is 2.12 bits per heavy atom. The Labute approximate surface area is 152 Å². The van der Waals surface area contributed by atoms with Gasteiger partial charge in [-0.05, 0) is 31.0 Å². The first kappa shape index (κ1) is 16.5. The highest BCUT2D eigenvalue weighted by molar-refractivity contribution is 6.30. The minimum atomic E-state index is 0.0316. The number of hydrogen-bond acceptors (Lipinski definition) is 4. The quantitative estimate of drug-likeness (QED) is 0.728. The van der Waals surface area contributed by atoms with Crippen LogP contribution in [0.25, 0.3) is 11.0 Å². The van der Waals surface area contributed by atoms with Gasteiger partial charge < -0.3 is 5.73 Å². The zero-order chi connectivity index (χ0) is 17.6. The zero-order valence-corrected chi connectivity index (χ0v) is 15.2.